The average molecular weight is 401 g/mol. The Balaban J connectivity index is 1.32. The largest absolute Gasteiger partial charge is 0.347 e. The second-order valence-electron chi connectivity index (χ2n) is 9.24. The maximum atomic E-state index is 4.88. The Morgan fingerprint density at radius 3 is 2.73 bits per heavy atom. The Kier molecular flexibility index (Phi) is 5.11. The Hall–Kier alpha value is -2.59. The first-order valence-electron chi connectivity index (χ1n) is 11.3. The van der Waals surface area contributed by atoms with E-state index < -0.39 is 0 Å². The molecular formula is C26H32N4. The molecule has 0 spiro atoms. The maximum Gasteiger partial charge on any atom is 0.138 e. The van der Waals surface area contributed by atoms with Crippen LogP contribution in [0.3, 0.4) is 0 Å². The van der Waals surface area contributed by atoms with Crippen LogP contribution < -0.4 is 0 Å². The van der Waals surface area contributed by atoms with Crippen LogP contribution in [-0.2, 0) is 6.54 Å². The molecule has 0 aliphatic carbocycles. The number of nitrogens with zero attached hydrogens (tertiary/aromatic N) is 3. The molecule has 1 aliphatic rings. The lowest BCUT2D eigenvalue weighted by Gasteiger charge is -2.28. The van der Waals surface area contributed by atoms with Crippen molar-refractivity contribution in [2.75, 3.05) is 20.1 Å². The fourth-order valence-corrected chi connectivity index (χ4v) is 5.05. The summed E-state index contributed by atoms with van der Waals surface area (Å²) in [7, 11) is 2.24. The van der Waals surface area contributed by atoms with E-state index in [0.29, 0.717) is 0 Å². The van der Waals surface area contributed by atoms with E-state index in [9.17, 15) is 0 Å². The van der Waals surface area contributed by atoms with Crippen LogP contribution in [0.5, 0.6) is 0 Å². The first-order valence-corrected chi connectivity index (χ1v) is 11.3. The Bertz CT molecular complexity index is 1170. The second-order valence-corrected chi connectivity index (χ2v) is 9.24. The zero-order valence-corrected chi connectivity index (χ0v) is 18.4. The Morgan fingerprint density at radius 1 is 1.07 bits per heavy atom. The molecule has 1 N–H and O–H groups in total. The van der Waals surface area contributed by atoms with Crippen LogP contribution in [0.4, 0.5) is 0 Å². The summed E-state index contributed by atoms with van der Waals surface area (Å²) in [6, 6.07) is 13.3. The van der Waals surface area contributed by atoms with Crippen molar-refractivity contribution in [2.24, 2.45) is 5.92 Å². The van der Waals surface area contributed by atoms with Crippen molar-refractivity contribution >= 4 is 21.9 Å². The Morgan fingerprint density at radius 2 is 1.90 bits per heavy atom. The summed E-state index contributed by atoms with van der Waals surface area (Å²) in [4.78, 5) is 10.9. The molecule has 0 bridgehead atoms. The number of piperidine rings is 1. The number of hydrogen-bond acceptors (Lipinski definition) is 2. The summed E-state index contributed by atoms with van der Waals surface area (Å²) in [5, 5.41) is 1.29. The summed E-state index contributed by atoms with van der Waals surface area (Å²) in [5.41, 5.74) is 7.16. The van der Waals surface area contributed by atoms with Gasteiger partial charge >= 0.3 is 0 Å². The smallest absolute Gasteiger partial charge is 0.138 e. The molecule has 1 saturated heterocycles. The summed E-state index contributed by atoms with van der Waals surface area (Å²) < 4.78 is 2.42. The highest BCUT2D eigenvalue weighted by atomic mass is 15.1. The highest BCUT2D eigenvalue weighted by molar-refractivity contribution is 5.87. The van der Waals surface area contributed by atoms with E-state index in [2.05, 4.69) is 77.9 Å². The van der Waals surface area contributed by atoms with Crippen molar-refractivity contribution in [3.63, 3.8) is 0 Å². The lowest BCUT2D eigenvalue weighted by Crippen LogP contribution is -2.30. The molecular weight excluding hydrogens is 368 g/mol. The lowest BCUT2D eigenvalue weighted by molar-refractivity contribution is 0.209. The molecule has 2 aromatic heterocycles. The highest BCUT2D eigenvalue weighted by Crippen LogP contribution is 2.28. The van der Waals surface area contributed by atoms with Gasteiger partial charge in [-0.1, -0.05) is 6.07 Å². The van der Waals surface area contributed by atoms with Crippen molar-refractivity contribution in [3.8, 4) is 11.4 Å². The third kappa shape index (κ3) is 3.77. The van der Waals surface area contributed by atoms with E-state index in [-0.39, 0.29) is 0 Å². The minimum Gasteiger partial charge on any atom is -0.347 e. The van der Waals surface area contributed by atoms with Crippen LogP contribution in [0.2, 0.25) is 0 Å². The van der Waals surface area contributed by atoms with Crippen LogP contribution >= 0.6 is 0 Å². The minimum atomic E-state index is 0.912. The molecule has 3 heterocycles. The van der Waals surface area contributed by atoms with Gasteiger partial charge in [-0.3, -0.25) is 0 Å². The van der Waals surface area contributed by atoms with E-state index in [4.69, 9.17) is 4.98 Å². The van der Waals surface area contributed by atoms with Gasteiger partial charge in [0.05, 0.1) is 11.0 Å². The molecule has 2 aromatic carbocycles. The third-order valence-corrected chi connectivity index (χ3v) is 6.82. The van der Waals surface area contributed by atoms with E-state index >= 15 is 0 Å². The van der Waals surface area contributed by atoms with Crippen LogP contribution in [0.15, 0.2) is 42.6 Å². The van der Waals surface area contributed by atoms with Gasteiger partial charge in [0.2, 0.25) is 0 Å². The van der Waals surface area contributed by atoms with E-state index in [1.54, 1.807) is 0 Å². The van der Waals surface area contributed by atoms with Crippen molar-refractivity contribution in [2.45, 2.75) is 46.1 Å². The topological polar surface area (TPSA) is 36.9 Å². The first-order chi connectivity index (χ1) is 14.6. The van der Waals surface area contributed by atoms with Crippen molar-refractivity contribution in [3.05, 3.63) is 53.7 Å². The van der Waals surface area contributed by atoms with Crippen molar-refractivity contribution < 1.29 is 0 Å². The monoisotopic (exact) mass is 400 g/mol. The Labute approximate surface area is 178 Å². The summed E-state index contributed by atoms with van der Waals surface area (Å²) >= 11 is 0. The van der Waals surface area contributed by atoms with Gasteiger partial charge in [-0.05, 0) is 107 Å². The standard InChI is InChI=1S/C26H32N4/c1-18-15-19(2)25-23(16-18)27-26(28-25)22-6-7-24-21(17-22)10-14-30(24)11-4-5-20-8-12-29(3)13-9-20/h6-7,10,14-17,20H,4-5,8-9,11-13H2,1-3H3,(H,27,28). The maximum absolute atomic E-state index is 4.88. The number of nitrogens with one attached hydrogen (secondary N) is 1. The molecule has 0 unspecified atom stereocenters. The first kappa shape index (κ1) is 19.4. The number of likely N-dealkylation sites (tertiary alicyclic amines) is 1. The zero-order chi connectivity index (χ0) is 20.7. The summed E-state index contributed by atoms with van der Waals surface area (Å²) in [6.07, 6.45) is 7.59. The van der Waals surface area contributed by atoms with Crippen LogP contribution in [0.25, 0.3) is 33.3 Å². The molecule has 30 heavy (non-hydrogen) atoms. The molecule has 0 atom stereocenters. The van der Waals surface area contributed by atoms with Gasteiger partial charge in [0.15, 0.2) is 0 Å². The SMILES string of the molecule is Cc1cc(C)c2nc(-c3ccc4c(ccn4CCCC4CCN(C)CC4)c3)[nH]c2c1. The number of aryl methyl sites for hydroxylation is 3. The molecule has 0 amide bonds. The number of hydrogen-bond donors (Lipinski definition) is 1. The van der Waals surface area contributed by atoms with Gasteiger partial charge in [-0.15, -0.1) is 0 Å². The number of fused-ring (bicyclic) bond motifs is 2. The van der Waals surface area contributed by atoms with E-state index in [1.165, 1.54) is 60.8 Å². The predicted molar refractivity (Wildman–Crippen MR) is 126 cm³/mol. The predicted octanol–water partition coefficient (Wildman–Crippen LogP) is 5.92. The molecule has 5 rings (SSSR count). The molecule has 0 radical (unpaired) electrons. The normalized spacial score (nSPS) is 16.1. The number of benzene rings is 2. The third-order valence-electron chi connectivity index (χ3n) is 6.82. The molecule has 4 nitrogen and oxygen atoms in total. The second kappa shape index (κ2) is 7.92. The molecule has 0 saturated carbocycles. The molecule has 1 aliphatic heterocycles. The number of imidazole rings is 1. The van der Waals surface area contributed by atoms with E-state index in [0.717, 1.165) is 34.9 Å². The van der Waals surface area contributed by atoms with Crippen LogP contribution in [-0.4, -0.2) is 39.6 Å². The molecule has 1 fully saturated rings. The molecule has 156 valence electrons. The fraction of sp³-hybridized carbons (Fsp3) is 0.423. The summed E-state index contributed by atoms with van der Waals surface area (Å²) in [6.45, 7) is 7.91. The lowest BCUT2D eigenvalue weighted by atomic mass is 9.92. The highest BCUT2D eigenvalue weighted by Gasteiger charge is 2.16. The average Bonchev–Trinajstić information content (AvgIpc) is 3.33. The number of rotatable bonds is 5. The van der Waals surface area contributed by atoms with Crippen LogP contribution in [0, 0.1) is 19.8 Å². The number of H-pyrrole nitrogens is 1. The zero-order valence-electron chi connectivity index (χ0n) is 18.4. The quantitative estimate of drug-likeness (QED) is 0.451. The van der Waals surface area contributed by atoms with Gasteiger partial charge in [0, 0.05) is 29.2 Å². The van der Waals surface area contributed by atoms with Crippen LogP contribution in [0.1, 0.15) is 36.8 Å². The number of aromatic nitrogens is 3. The van der Waals surface area contributed by atoms with Gasteiger partial charge in [-0.2, -0.15) is 0 Å². The summed E-state index contributed by atoms with van der Waals surface area (Å²) in [5.74, 6) is 1.87. The van der Waals surface area contributed by atoms with Gasteiger partial charge in [-0.25, -0.2) is 4.98 Å². The molecule has 4 heteroatoms. The van der Waals surface area contributed by atoms with Gasteiger partial charge in [0.25, 0.3) is 0 Å². The van der Waals surface area contributed by atoms with Gasteiger partial charge in [0.1, 0.15) is 5.82 Å². The fourth-order valence-electron chi connectivity index (χ4n) is 5.05. The minimum absolute atomic E-state index is 0.912. The van der Waals surface area contributed by atoms with Crippen molar-refractivity contribution in [1.29, 1.82) is 0 Å². The van der Waals surface area contributed by atoms with Crippen molar-refractivity contribution in [1.82, 2.24) is 19.4 Å². The molecule has 4 aromatic rings. The number of aromatic amines is 1. The van der Waals surface area contributed by atoms with E-state index in [1.807, 2.05) is 0 Å². The van der Waals surface area contributed by atoms with Gasteiger partial charge < -0.3 is 14.5 Å².